The van der Waals surface area contributed by atoms with E-state index in [0.29, 0.717) is 12.0 Å². The third kappa shape index (κ3) is 3.24. The average molecular weight is 317 g/mol. The molecule has 0 unspecified atom stereocenters. The summed E-state index contributed by atoms with van der Waals surface area (Å²) in [5.74, 6) is 0.288. The third-order valence-corrected chi connectivity index (χ3v) is 4.03. The van der Waals surface area contributed by atoms with Crippen LogP contribution in [0.25, 0.3) is 0 Å². The molecular weight excluding hydrogens is 306 g/mol. The summed E-state index contributed by atoms with van der Waals surface area (Å²) in [5, 5.41) is 8.81. The van der Waals surface area contributed by atoms with Crippen LogP contribution in [0.4, 0.5) is 0 Å². The van der Waals surface area contributed by atoms with E-state index in [1.165, 1.54) is 49.6 Å². The first-order chi connectivity index (χ1) is 10.5. The smallest absolute Gasteiger partial charge is 0.339 e. The Balaban J connectivity index is 2.40. The summed E-state index contributed by atoms with van der Waals surface area (Å²) >= 11 is 0. The molecule has 0 N–H and O–H groups in total. The summed E-state index contributed by atoms with van der Waals surface area (Å²) in [7, 11) is -2.72. The summed E-state index contributed by atoms with van der Waals surface area (Å²) in [6.07, 6.45) is 0.471. The van der Waals surface area contributed by atoms with Gasteiger partial charge >= 0.3 is 10.1 Å². The molecule has 112 valence electrons. The lowest BCUT2D eigenvalue weighted by Gasteiger charge is -2.10. The first-order valence-corrected chi connectivity index (χ1v) is 7.49. The summed E-state index contributed by atoms with van der Waals surface area (Å²) in [6.45, 7) is 0. The van der Waals surface area contributed by atoms with Crippen LogP contribution in [0.2, 0.25) is 0 Å². The third-order valence-electron chi connectivity index (χ3n) is 2.80. The number of carbonyl (C=O) groups excluding carboxylic acids is 1. The molecule has 0 aromatic heterocycles. The fraction of sp³-hybridized carbons (Fsp3) is 0.0667. The SMILES string of the molecule is COc1ccc(OS(=O)(=O)c2cccc(C#N)c2)c(C=O)c1. The molecular formula is C15H11NO5S. The van der Waals surface area contributed by atoms with E-state index in [4.69, 9.17) is 14.2 Å². The Bertz CT molecular complexity index is 852. The summed E-state index contributed by atoms with van der Waals surface area (Å²) in [6, 6.07) is 11.4. The zero-order valence-corrected chi connectivity index (χ0v) is 12.3. The van der Waals surface area contributed by atoms with Gasteiger partial charge in [0, 0.05) is 0 Å². The first kappa shape index (κ1) is 15.5. The van der Waals surface area contributed by atoms with Crippen LogP contribution in [-0.4, -0.2) is 21.8 Å². The topological polar surface area (TPSA) is 93.5 Å². The Morgan fingerprint density at radius 1 is 1.18 bits per heavy atom. The van der Waals surface area contributed by atoms with Crippen molar-refractivity contribution < 1.29 is 22.1 Å². The van der Waals surface area contributed by atoms with Crippen molar-refractivity contribution in [3.63, 3.8) is 0 Å². The number of methoxy groups -OCH3 is 1. The highest BCUT2D eigenvalue weighted by Crippen LogP contribution is 2.26. The Morgan fingerprint density at radius 3 is 2.59 bits per heavy atom. The van der Waals surface area contributed by atoms with Crippen LogP contribution in [0.3, 0.4) is 0 Å². The summed E-state index contributed by atoms with van der Waals surface area (Å²) < 4.78 is 34.4. The lowest BCUT2D eigenvalue weighted by molar-refractivity contribution is 0.112. The van der Waals surface area contributed by atoms with E-state index in [1.54, 1.807) is 0 Å². The van der Waals surface area contributed by atoms with E-state index in [-0.39, 0.29) is 21.8 Å². The molecule has 0 heterocycles. The van der Waals surface area contributed by atoms with Gasteiger partial charge in [-0.2, -0.15) is 13.7 Å². The number of nitrogens with zero attached hydrogens (tertiary/aromatic N) is 1. The highest BCUT2D eigenvalue weighted by molar-refractivity contribution is 7.87. The minimum absolute atomic E-state index is 0.0411. The maximum absolute atomic E-state index is 12.2. The molecule has 0 bridgehead atoms. The van der Waals surface area contributed by atoms with Crippen molar-refractivity contribution in [2.24, 2.45) is 0 Å². The van der Waals surface area contributed by atoms with Crippen molar-refractivity contribution in [1.82, 2.24) is 0 Å². The van der Waals surface area contributed by atoms with Gasteiger partial charge in [-0.3, -0.25) is 4.79 Å². The monoisotopic (exact) mass is 317 g/mol. The van der Waals surface area contributed by atoms with Crippen LogP contribution in [0, 0.1) is 11.3 Å². The minimum atomic E-state index is -4.15. The molecule has 0 aliphatic carbocycles. The van der Waals surface area contributed by atoms with Gasteiger partial charge in [0.25, 0.3) is 0 Å². The lowest BCUT2D eigenvalue weighted by atomic mass is 10.2. The van der Waals surface area contributed by atoms with E-state index in [9.17, 15) is 13.2 Å². The van der Waals surface area contributed by atoms with Gasteiger partial charge < -0.3 is 8.92 Å². The maximum atomic E-state index is 12.2. The number of benzene rings is 2. The normalized spacial score (nSPS) is 10.5. The molecule has 2 aromatic rings. The molecule has 7 heteroatoms. The maximum Gasteiger partial charge on any atom is 0.339 e. The number of hydrogen-bond acceptors (Lipinski definition) is 6. The van der Waals surface area contributed by atoms with Gasteiger partial charge in [-0.1, -0.05) is 6.07 Å². The van der Waals surface area contributed by atoms with Crippen molar-refractivity contribution in [3.8, 4) is 17.6 Å². The van der Waals surface area contributed by atoms with Gasteiger partial charge in [0.1, 0.15) is 10.6 Å². The highest BCUT2D eigenvalue weighted by Gasteiger charge is 2.19. The Kier molecular flexibility index (Phi) is 4.44. The second-order valence-corrected chi connectivity index (χ2v) is 5.75. The largest absolute Gasteiger partial charge is 0.497 e. The van der Waals surface area contributed by atoms with E-state index >= 15 is 0 Å². The van der Waals surface area contributed by atoms with Crippen molar-refractivity contribution in [1.29, 1.82) is 5.26 Å². The molecule has 0 saturated carbocycles. The van der Waals surface area contributed by atoms with Gasteiger partial charge in [0.05, 0.1) is 24.3 Å². The first-order valence-electron chi connectivity index (χ1n) is 6.08. The minimum Gasteiger partial charge on any atom is -0.497 e. The predicted molar refractivity (Wildman–Crippen MR) is 77.4 cm³/mol. The molecule has 6 nitrogen and oxygen atoms in total. The number of carbonyl (C=O) groups is 1. The molecule has 0 fully saturated rings. The molecule has 22 heavy (non-hydrogen) atoms. The van der Waals surface area contributed by atoms with Crippen molar-refractivity contribution >= 4 is 16.4 Å². The van der Waals surface area contributed by atoms with Crippen LogP contribution < -0.4 is 8.92 Å². The number of hydrogen-bond donors (Lipinski definition) is 0. The molecule has 2 aromatic carbocycles. The summed E-state index contributed by atoms with van der Waals surface area (Å²) in [4.78, 5) is 10.9. The molecule has 0 atom stereocenters. The van der Waals surface area contributed by atoms with E-state index in [2.05, 4.69) is 0 Å². The van der Waals surface area contributed by atoms with Crippen LogP contribution in [-0.2, 0) is 10.1 Å². The molecule has 2 rings (SSSR count). The van der Waals surface area contributed by atoms with Gasteiger partial charge in [0.15, 0.2) is 12.0 Å². The van der Waals surface area contributed by atoms with Gasteiger partial charge in [-0.15, -0.1) is 0 Å². The quantitative estimate of drug-likeness (QED) is 0.619. The van der Waals surface area contributed by atoms with Crippen molar-refractivity contribution in [2.45, 2.75) is 4.90 Å². The number of ether oxygens (including phenoxy) is 1. The Morgan fingerprint density at radius 2 is 1.95 bits per heavy atom. The molecule has 0 aliphatic heterocycles. The number of aldehydes is 1. The second-order valence-electron chi connectivity index (χ2n) is 4.20. The molecule has 0 radical (unpaired) electrons. The van der Waals surface area contributed by atoms with Gasteiger partial charge in [0.2, 0.25) is 0 Å². The van der Waals surface area contributed by atoms with Gasteiger partial charge in [-0.05, 0) is 36.4 Å². The van der Waals surface area contributed by atoms with Crippen LogP contribution in [0.5, 0.6) is 11.5 Å². The van der Waals surface area contributed by atoms with E-state index < -0.39 is 10.1 Å². The zero-order chi connectivity index (χ0) is 16.2. The lowest BCUT2D eigenvalue weighted by Crippen LogP contribution is -2.11. The van der Waals surface area contributed by atoms with Crippen LogP contribution in [0.1, 0.15) is 15.9 Å². The Labute approximate surface area is 127 Å². The van der Waals surface area contributed by atoms with Crippen LogP contribution in [0.15, 0.2) is 47.4 Å². The standard InChI is InChI=1S/C15H11NO5S/c1-20-13-5-6-15(12(8-13)10-17)21-22(18,19)14-4-2-3-11(7-14)9-16/h2-8,10H,1H3. The number of rotatable bonds is 5. The van der Waals surface area contributed by atoms with Crippen molar-refractivity contribution in [2.75, 3.05) is 7.11 Å². The van der Waals surface area contributed by atoms with Gasteiger partial charge in [-0.25, -0.2) is 0 Å². The fourth-order valence-corrected chi connectivity index (χ4v) is 2.71. The number of nitriles is 1. The highest BCUT2D eigenvalue weighted by atomic mass is 32.2. The molecule has 0 spiro atoms. The predicted octanol–water partition coefficient (Wildman–Crippen LogP) is 2.15. The molecule has 0 aliphatic rings. The fourth-order valence-electron chi connectivity index (χ4n) is 1.71. The molecule has 0 saturated heterocycles. The molecule has 0 amide bonds. The van der Waals surface area contributed by atoms with Crippen molar-refractivity contribution in [3.05, 3.63) is 53.6 Å². The Hall–Kier alpha value is -2.85. The van der Waals surface area contributed by atoms with Crippen LogP contribution >= 0.6 is 0 Å². The zero-order valence-electron chi connectivity index (χ0n) is 11.5. The second kappa shape index (κ2) is 6.28. The average Bonchev–Trinajstić information content (AvgIpc) is 2.55. The summed E-state index contributed by atoms with van der Waals surface area (Å²) in [5.41, 5.74) is 0.231. The van der Waals surface area contributed by atoms with E-state index in [1.807, 2.05) is 6.07 Å². The van der Waals surface area contributed by atoms with E-state index in [0.717, 1.165) is 0 Å².